The van der Waals surface area contributed by atoms with Gasteiger partial charge in [-0.3, -0.25) is 0 Å². The van der Waals surface area contributed by atoms with Gasteiger partial charge in [0.25, 0.3) is 0 Å². The fourth-order valence-corrected chi connectivity index (χ4v) is 4.39. The molecule has 0 saturated carbocycles. The van der Waals surface area contributed by atoms with Gasteiger partial charge in [0.15, 0.2) is 11.5 Å². The summed E-state index contributed by atoms with van der Waals surface area (Å²) >= 11 is 6.11. The van der Waals surface area contributed by atoms with E-state index in [9.17, 15) is 0 Å². The first-order valence-corrected chi connectivity index (χ1v) is 10.3. The van der Waals surface area contributed by atoms with Crippen LogP contribution < -0.4 is 14.8 Å². The van der Waals surface area contributed by atoms with Crippen molar-refractivity contribution in [3.05, 3.63) is 82.9 Å². The number of methoxy groups -OCH3 is 2. The molecule has 152 valence electrons. The average Bonchev–Trinajstić information content (AvgIpc) is 3.17. The number of ether oxygens (including phenoxy) is 2. The molecule has 6 heteroatoms. The number of anilines is 1. The average molecular weight is 420 g/mol. The number of imidazole rings is 1. The highest BCUT2D eigenvalue weighted by Crippen LogP contribution is 2.43. The summed E-state index contributed by atoms with van der Waals surface area (Å²) in [5.41, 5.74) is 4.41. The predicted molar refractivity (Wildman–Crippen MR) is 120 cm³/mol. The summed E-state index contributed by atoms with van der Waals surface area (Å²) < 4.78 is 13.3. The van der Waals surface area contributed by atoms with E-state index in [-0.39, 0.29) is 12.1 Å². The zero-order valence-corrected chi connectivity index (χ0v) is 17.6. The summed E-state index contributed by atoms with van der Waals surface area (Å²) in [6, 6.07) is 22.6. The Labute approximate surface area is 180 Å². The van der Waals surface area contributed by atoms with Crippen LogP contribution in [0.4, 0.5) is 5.95 Å². The minimum Gasteiger partial charge on any atom is -0.493 e. The molecule has 0 saturated heterocycles. The Balaban J connectivity index is 1.65. The lowest BCUT2D eigenvalue weighted by molar-refractivity contribution is 0.353. The summed E-state index contributed by atoms with van der Waals surface area (Å²) in [6.45, 7) is 0. The second-order valence-corrected chi connectivity index (χ2v) is 7.84. The zero-order chi connectivity index (χ0) is 20.7. The van der Waals surface area contributed by atoms with Crippen LogP contribution in [0.15, 0.2) is 66.7 Å². The predicted octanol–water partition coefficient (Wildman–Crippen LogP) is 5.85. The van der Waals surface area contributed by atoms with Crippen LogP contribution in [-0.4, -0.2) is 23.8 Å². The second kappa shape index (κ2) is 7.58. The second-order valence-electron chi connectivity index (χ2n) is 7.41. The van der Waals surface area contributed by atoms with E-state index in [2.05, 4.69) is 40.2 Å². The molecule has 3 aromatic carbocycles. The molecule has 5 nitrogen and oxygen atoms in total. The summed E-state index contributed by atoms with van der Waals surface area (Å²) in [7, 11) is 3.32. The van der Waals surface area contributed by atoms with Crippen molar-refractivity contribution in [3.8, 4) is 11.5 Å². The highest BCUT2D eigenvalue weighted by Gasteiger charge is 2.31. The van der Waals surface area contributed by atoms with Crippen molar-refractivity contribution < 1.29 is 9.47 Å². The number of hydrogen-bond donors (Lipinski definition) is 1. The van der Waals surface area contributed by atoms with E-state index in [0.717, 1.165) is 45.5 Å². The van der Waals surface area contributed by atoms with Gasteiger partial charge in [0, 0.05) is 5.02 Å². The molecule has 2 atom stereocenters. The third kappa shape index (κ3) is 3.15. The highest BCUT2D eigenvalue weighted by atomic mass is 35.5. The van der Waals surface area contributed by atoms with Gasteiger partial charge in [-0.2, -0.15) is 0 Å². The molecule has 30 heavy (non-hydrogen) atoms. The third-order valence-electron chi connectivity index (χ3n) is 5.73. The number of nitrogens with one attached hydrogen (secondary N) is 1. The lowest BCUT2D eigenvalue weighted by Gasteiger charge is -2.33. The summed E-state index contributed by atoms with van der Waals surface area (Å²) in [4.78, 5) is 4.87. The van der Waals surface area contributed by atoms with Gasteiger partial charge in [-0.25, -0.2) is 4.98 Å². The fraction of sp³-hybridized carbons (Fsp3) is 0.208. The number of para-hydroxylation sites is 2. The van der Waals surface area contributed by atoms with Crippen LogP contribution in [-0.2, 0) is 0 Å². The van der Waals surface area contributed by atoms with Crippen LogP contribution >= 0.6 is 11.6 Å². The van der Waals surface area contributed by atoms with E-state index in [1.54, 1.807) is 14.2 Å². The first-order chi connectivity index (χ1) is 14.7. The Hall–Kier alpha value is -3.18. The van der Waals surface area contributed by atoms with Gasteiger partial charge in [-0.15, -0.1) is 0 Å². The molecule has 2 heterocycles. The first kappa shape index (κ1) is 18.8. The minimum atomic E-state index is 0.0918. The first-order valence-electron chi connectivity index (χ1n) is 9.89. The summed E-state index contributed by atoms with van der Waals surface area (Å²) in [5.74, 6) is 2.31. The van der Waals surface area contributed by atoms with Gasteiger partial charge >= 0.3 is 0 Å². The maximum atomic E-state index is 6.11. The van der Waals surface area contributed by atoms with Crippen LogP contribution in [0.3, 0.4) is 0 Å². The van der Waals surface area contributed by atoms with E-state index in [1.807, 2.05) is 36.4 Å². The maximum absolute atomic E-state index is 6.11. The van der Waals surface area contributed by atoms with Gasteiger partial charge < -0.3 is 19.4 Å². The Bertz CT molecular complexity index is 1200. The van der Waals surface area contributed by atoms with Crippen molar-refractivity contribution >= 4 is 28.6 Å². The quantitative estimate of drug-likeness (QED) is 0.450. The van der Waals surface area contributed by atoms with E-state index in [0.29, 0.717) is 0 Å². The molecule has 0 bridgehead atoms. The lowest BCUT2D eigenvalue weighted by atomic mass is 9.92. The molecule has 0 amide bonds. The van der Waals surface area contributed by atoms with Gasteiger partial charge in [-0.05, 0) is 53.9 Å². The lowest BCUT2D eigenvalue weighted by Crippen LogP contribution is -2.27. The largest absolute Gasteiger partial charge is 0.493 e. The molecular formula is C24H22ClN3O2. The molecule has 5 rings (SSSR count). The number of fused-ring (bicyclic) bond motifs is 3. The fourth-order valence-electron chi connectivity index (χ4n) is 4.26. The summed E-state index contributed by atoms with van der Waals surface area (Å²) in [5, 5.41) is 4.36. The van der Waals surface area contributed by atoms with Crippen LogP contribution in [0.25, 0.3) is 11.0 Å². The van der Waals surface area contributed by atoms with E-state index in [1.165, 1.54) is 5.56 Å². The minimum absolute atomic E-state index is 0.0918. The zero-order valence-electron chi connectivity index (χ0n) is 16.8. The smallest absolute Gasteiger partial charge is 0.204 e. The SMILES string of the molecule is COc1ccc([C@H]2C[C@H](c3ccc(Cl)cc3)Nc3nc4ccccc4n32)cc1OC. The molecule has 1 aromatic heterocycles. The van der Waals surface area contributed by atoms with Crippen LogP contribution in [0.2, 0.25) is 5.02 Å². The Morgan fingerprint density at radius 2 is 1.67 bits per heavy atom. The van der Waals surface area contributed by atoms with Crippen LogP contribution in [0.5, 0.6) is 11.5 Å². The van der Waals surface area contributed by atoms with Crippen molar-refractivity contribution in [1.29, 1.82) is 0 Å². The van der Waals surface area contributed by atoms with Crippen LogP contribution in [0.1, 0.15) is 29.6 Å². The van der Waals surface area contributed by atoms with Crippen molar-refractivity contribution in [1.82, 2.24) is 9.55 Å². The van der Waals surface area contributed by atoms with Crippen molar-refractivity contribution in [3.63, 3.8) is 0 Å². The highest BCUT2D eigenvalue weighted by molar-refractivity contribution is 6.30. The number of nitrogens with zero attached hydrogens (tertiary/aromatic N) is 2. The molecule has 0 spiro atoms. The van der Waals surface area contributed by atoms with E-state index < -0.39 is 0 Å². The summed E-state index contributed by atoms with van der Waals surface area (Å²) in [6.07, 6.45) is 0.866. The molecule has 0 radical (unpaired) electrons. The van der Waals surface area contributed by atoms with E-state index in [4.69, 9.17) is 26.1 Å². The van der Waals surface area contributed by atoms with Gasteiger partial charge in [-0.1, -0.05) is 41.9 Å². The monoisotopic (exact) mass is 419 g/mol. The molecule has 1 N–H and O–H groups in total. The number of hydrogen-bond acceptors (Lipinski definition) is 4. The normalized spacial score (nSPS) is 18.0. The number of rotatable bonds is 4. The van der Waals surface area contributed by atoms with E-state index >= 15 is 0 Å². The molecule has 0 fully saturated rings. The Morgan fingerprint density at radius 3 is 2.43 bits per heavy atom. The molecular weight excluding hydrogens is 398 g/mol. The molecule has 0 aliphatic carbocycles. The van der Waals surface area contributed by atoms with Crippen molar-refractivity contribution in [2.75, 3.05) is 19.5 Å². The Kier molecular flexibility index (Phi) is 4.75. The van der Waals surface area contributed by atoms with Gasteiger partial charge in [0.1, 0.15) is 0 Å². The van der Waals surface area contributed by atoms with Gasteiger partial charge in [0.2, 0.25) is 5.95 Å². The topological polar surface area (TPSA) is 48.3 Å². The van der Waals surface area contributed by atoms with Crippen molar-refractivity contribution in [2.45, 2.75) is 18.5 Å². The van der Waals surface area contributed by atoms with Gasteiger partial charge in [0.05, 0.1) is 37.3 Å². The number of benzene rings is 3. The molecule has 1 aliphatic rings. The third-order valence-corrected chi connectivity index (χ3v) is 5.99. The molecule has 1 aliphatic heterocycles. The number of aromatic nitrogens is 2. The Morgan fingerprint density at radius 1 is 0.933 bits per heavy atom. The maximum Gasteiger partial charge on any atom is 0.204 e. The molecule has 0 unspecified atom stereocenters. The standard InChI is InChI=1S/C24H22ClN3O2/c1-29-22-12-9-16(13-23(22)30-2)21-14-19(15-7-10-17(25)11-8-15)27-24-26-18-5-3-4-6-20(18)28(21)24/h3-13,19,21H,14H2,1-2H3,(H,26,27)/t19-,21-/m1/s1. The van der Waals surface area contributed by atoms with Crippen molar-refractivity contribution in [2.24, 2.45) is 0 Å². The van der Waals surface area contributed by atoms with Crippen LogP contribution in [0, 0.1) is 0 Å². The number of halogens is 1. The molecule has 4 aromatic rings.